The van der Waals surface area contributed by atoms with E-state index < -0.39 is 5.60 Å². The monoisotopic (exact) mass is 390 g/mol. The Hall–Kier alpha value is -1.63. The lowest BCUT2D eigenvalue weighted by Crippen LogP contribution is -2.49. The largest absolute Gasteiger partial charge is 0.496 e. The molecular weight excluding hydrogens is 356 g/mol. The van der Waals surface area contributed by atoms with E-state index >= 15 is 0 Å². The van der Waals surface area contributed by atoms with Gasteiger partial charge in [-0.1, -0.05) is 31.4 Å². The predicted octanol–water partition coefficient (Wildman–Crippen LogP) is 2.44. The van der Waals surface area contributed by atoms with E-state index in [1.54, 1.807) is 7.11 Å². The topological polar surface area (TPSA) is 71.0 Å². The molecule has 1 saturated carbocycles. The zero-order valence-electron chi connectivity index (χ0n) is 17.2. The number of ether oxygens (including phenoxy) is 2. The van der Waals surface area contributed by atoms with E-state index in [-0.39, 0.29) is 18.5 Å². The molecule has 1 aromatic carbocycles. The first kappa shape index (κ1) is 21.1. The van der Waals surface area contributed by atoms with Crippen LogP contribution in [-0.2, 0) is 16.0 Å². The van der Waals surface area contributed by atoms with Crippen molar-refractivity contribution in [3.05, 3.63) is 29.3 Å². The molecule has 1 fully saturated rings. The fourth-order valence-electron chi connectivity index (χ4n) is 4.51. The van der Waals surface area contributed by atoms with Gasteiger partial charge in [-0.05, 0) is 37.8 Å². The van der Waals surface area contributed by atoms with Crippen molar-refractivity contribution in [2.75, 3.05) is 40.0 Å². The minimum Gasteiger partial charge on any atom is -0.496 e. The Morgan fingerprint density at radius 2 is 2.11 bits per heavy atom. The summed E-state index contributed by atoms with van der Waals surface area (Å²) < 4.78 is 11.3. The number of rotatable bonds is 8. The summed E-state index contributed by atoms with van der Waals surface area (Å²) in [6, 6.07) is 5.91. The van der Waals surface area contributed by atoms with Crippen molar-refractivity contribution >= 4 is 5.91 Å². The van der Waals surface area contributed by atoms with Gasteiger partial charge in [-0.25, -0.2) is 0 Å². The van der Waals surface area contributed by atoms with Gasteiger partial charge in [0.05, 0.1) is 31.9 Å². The normalized spacial score (nSPS) is 21.2. The average molecular weight is 391 g/mol. The van der Waals surface area contributed by atoms with Gasteiger partial charge in [0, 0.05) is 25.3 Å². The van der Waals surface area contributed by atoms with Crippen molar-refractivity contribution in [1.29, 1.82) is 0 Å². The van der Waals surface area contributed by atoms with Crippen molar-refractivity contribution in [3.63, 3.8) is 0 Å². The number of hydrogen-bond donors (Lipinski definition) is 2. The first-order chi connectivity index (χ1) is 13.6. The highest BCUT2D eigenvalue weighted by atomic mass is 16.5. The summed E-state index contributed by atoms with van der Waals surface area (Å²) in [6.07, 6.45) is 5.75. The van der Waals surface area contributed by atoms with Gasteiger partial charge in [0.2, 0.25) is 5.91 Å². The molecule has 1 atom stereocenters. The van der Waals surface area contributed by atoms with Crippen LogP contribution in [0.3, 0.4) is 0 Å². The van der Waals surface area contributed by atoms with Crippen molar-refractivity contribution < 1.29 is 19.4 Å². The lowest BCUT2D eigenvalue weighted by Gasteiger charge is -2.38. The summed E-state index contributed by atoms with van der Waals surface area (Å²) in [4.78, 5) is 14.9. The summed E-state index contributed by atoms with van der Waals surface area (Å²) in [7, 11) is 1.67. The second kappa shape index (κ2) is 9.72. The van der Waals surface area contributed by atoms with E-state index in [4.69, 9.17) is 9.47 Å². The van der Waals surface area contributed by atoms with Crippen molar-refractivity contribution in [2.24, 2.45) is 0 Å². The number of carbonyl (C=O) groups is 1. The molecule has 0 radical (unpaired) electrons. The van der Waals surface area contributed by atoms with Gasteiger partial charge in [0.15, 0.2) is 0 Å². The van der Waals surface area contributed by atoms with Gasteiger partial charge in [-0.15, -0.1) is 0 Å². The third-order valence-electron chi connectivity index (χ3n) is 6.02. The number of methoxy groups -OCH3 is 1. The number of carbonyl (C=O) groups excluding carboxylic acids is 1. The molecule has 6 nitrogen and oxygen atoms in total. The van der Waals surface area contributed by atoms with E-state index in [0.717, 1.165) is 43.4 Å². The highest BCUT2D eigenvalue weighted by molar-refractivity contribution is 5.79. The van der Waals surface area contributed by atoms with Gasteiger partial charge in [0.1, 0.15) is 5.75 Å². The van der Waals surface area contributed by atoms with Gasteiger partial charge >= 0.3 is 0 Å². The number of benzene rings is 1. The van der Waals surface area contributed by atoms with Crippen LogP contribution in [0.4, 0.5) is 0 Å². The molecule has 1 aliphatic carbocycles. The van der Waals surface area contributed by atoms with Crippen molar-refractivity contribution in [3.8, 4) is 5.75 Å². The Balaban J connectivity index is 1.67. The SMILES string of the molecule is CCOCC1c2c(cccc2OC)CCN1C(=O)CNCC1(O)CCCCC1. The molecule has 1 aromatic rings. The molecule has 3 rings (SSSR count). The number of aliphatic hydroxyl groups is 1. The molecule has 1 aliphatic heterocycles. The molecule has 1 heterocycles. The first-order valence-corrected chi connectivity index (χ1v) is 10.5. The van der Waals surface area contributed by atoms with Gasteiger partial charge in [-0.3, -0.25) is 4.79 Å². The van der Waals surface area contributed by atoms with Crippen LogP contribution in [0.1, 0.15) is 56.2 Å². The Labute approximate surface area is 168 Å². The van der Waals surface area contributed by atoms with Crippen LogP contribution in [0.15, 0.2) is 18.2 Å². The summed E-state index contributed by atoms with van der Waals surface area (Å²) in [6.45, 7) is 4.40. The summed E-state index contributed by atoms with van der Waals surface area (Å²) in [5.41, 5.74) is 1.61. The number of amides is 1. The third-order valence-corrected chi connectivity index (χ3v) is 6.02. The average Bonchev–Trinajstić information content (AvgIpc) is 2.71. The van der Waals surface area contributed by atoms with Gasteiger partial charge < -0.3 is 24.8 Å². The smallest absolute Gasteiger partial charge is 0.237 e. The van der Waals surface area contributed by atoms with E-state index in [1.165, 1.54) is 12.0 Å². The maximum absolute atomic E-state index is 13.0. The molecule has 0 saturated heterocycles. The first-order valence-electron chi connectivity index (χ1n) is 10.5. The van der Waals surface area contributed by atoms with E-state index in [0.29, 0.717) is 26.3 Å². The molecule has 6 heteroatoms. The summed E-state index contributed by atoms with van der Waals surface area (Å²) >= 11 is 0. The van der Waals surface area contributed by atoms with Crippen LogP contribution in [0, 0.1) is 0 Å². The Bertz CT molecular complexity index is 644. The molecule has 0 bridgehead atoms. The highest BCUT2D eigenvalue weighted by Crippen LogP contribution is 2.36. The van der Waals surface area contributed by atoms with Crippen LogP contribution in [0.25, 0.3) is 0 Å². The van der Waals surface area contributed by atoms with Crippen molar-refractivity contribution in [2.45, 2.75) is 57.1 Å². The molecular formula is C22H34N2O4. The molecule has 1 amide bonds. The minimum atomic E-state index is -0.666. The standard InChI is InChI=1S/C22H34N2O4/c1-3-28-15-18-21-17(8-7-9-19(21)27-2)10-13-24(18)20(25)14-23-16-22(26)11-5-4-6-12-22/h7-9,18,23,26H,3-6,10-16H2,1-2H3. The fourth-order valence-corrected chi connectivity index (χ4v) is 4.51. The third kappa shape index (κ3) is 4.85. The molecule has 156 valence electrons. The Morgan fingerprint density at radius 3 is 2.82 bits per heavy atom. The number of fused-ring (bicyclic) bond motifs is 1. The zero-order chi connectivity index (χ0) is 20.0. The lowest BCUT2D eigenvalue weighted by atomic mass is 9.85. The van der Waals surface area contributed by atoms with Crippen LogP contribution in [-0.4, -0.2) is 61.5 Å². The highest BCUT2D eigenvalue weighted by Gasteiger charge is 2.34. The van der Waals surface area contributed by atoms with Gasteiger partial charge in [0.25, 0.3) is 0 Å². The van der Waals surface area contributed by atoms with Crippen LogP contribution < -0.4 is 10.1 Å². The number of hydrogen-bond acceptors (Lipinski definition) is 5. The minimum absolute atomic E-state index is 0.0423. The van der Waals surface area contributed by atoms with E-state index in [2.05, 4.69) is 11.4 Å². The van der Waals surface area contributed by atoms with E-state index in [1.807, 2.05) is 24.0 Å². The molecule has 28 heavy (non-hydrogen) atoms. The number of nitrogens with one attached hydrogen (secondary N) is 1. The summed E-state index contributed by atoms with van der Waals surface area (Å²) in [5, 5.41) is 13.8. The van der Waals surface area contributed by atoms with Crippen LogP contribution in [0.2, 0.25) is 0 Å². The van der Waals surface area contributed by atoms with Crippen LogP contribution in [0.5, 0.6) is 5.75 Å². The molecule has 2 N–H and O–H groups in total. The molecule has 2 aliphatic rings. The lowest BCUT2D eigenvalue weighted by molar-refractivity contribution is -0.135. The number of nitrogens with zero attached hydrogens (tertiary/aromatic N) is 1. The molecule has 0 aromatic heterocycles. The second-order valence-corrected chi connectivity index (χ2v) is 7.93. The zero-order valence-corrected chi connectivity index (χ0v) is 17.2. The fraction of sp³-hybridized carbons (Fsp3) is 0.682. The quantitative estimate of drug-likeness (QED) is 0.713. The molecule has 0 spiro atoms. The second-order valence-electron chi connectivity index (χ2n) is 7.93. The Morgan fingerprint density at radius 1 is 1.32 bits per heavy atom. The maximum atomic E-state index is 13.0. The van der Waals surface area contributed by atoms with Crippen LogP contribution >= 0.6 is 0 Å². The van der Waals surface area contributed by atoms with Crippen molar-refractivity contribution in [1.82, 2.24) is 10.2 Å². The summed E-state index contributed by atoms with van der Waals surface area (Å²) in [5.74, 6) is 0.852. The van der Waals surface area contributed by atoms with Gasteiger partial charge in [-0.2, -0.15) is 0 Å². The van der Waals surface area contributed by atoms with E-state index in [9.17, 15) is 9.90 Å². The predicted molar refractivity (Wildman–Crippen MR) is 109 cm³/mol. The Kier molecular flexibility index (Phi) is 7.32. The molecule has 1 unspecified atom stereocenters. The maximum Gasteiger partial charge on any atom is 0.237 e.